The van der Waals surface area contributed by atoms with Crippen LogP contribution in [0.3, 0.4) is 0 Å². The second-order valence-electron chi connectivity index (χ2n) is 6.69. The number of nitrogens with zero attached hydrogens (tertiary/aromatic N) is 3. The molecule has 0 fully saturated rings. The average molecular weight is 379 g/mol. The van der Waals surface area contributed by atoms with E-state index in [-0.39, 0.29) is 5.91 Å². The van der Waals surface area contributed by atoms with Crippen molar-refractivity contribution in [2.75, 3.05) is 16.8 Å². The summed E-state index contributed by atoms with van der Waals surface area (Å²) >= 11 is 6.32. The first-order chi connectivity index (χ1) is 13.0. The van der Waals surface area contributed by atoms with E-state index < -0.39 is 0 Å². The van der Waals surface area contributed by atoms with Crippen LogP contribution in [0.4, 0.5) is 17.3 Å². The zero-order valence-corrected chi connectivity index (χ0v) is 15.9. The van der Waals surface area contributed by atoms with Crippen LogP contribution in [0.2, 0.25) is 5.02 Å². The van der Waals surface area contributed by atoms with E-state index in [4.69, 9.17) is 11.6 Å². The van der Waals surface area contributed by atoms with Crippen molar-refractivity contribution in [3.63, 3.8) is 0 Å². The van der Waals surface area contributed by atoms with Crippen LogP contribution in [-0.2, 0) is 6.42 Å². The molecule has 0 radical (unpaired) electrons. The van der Waals surface area contributed by atoms with Gasteiger partial charge in [0.15, 0.2) is 0 Å². The largest absolute Gasteiger partial charge is 0.323 e. The van der Waals surface area contributed by atoms with Gasteiger partial charge in [0.25, 0.3) is 5.91 Å². The van der Waals surface area contributed by atoms with Crippen molar-refractivity contribution >= 4 is 34.8 Å². The summed E-state index contributed by atoms with van der Waals surface area (Å²) < 4.78 is 0. The van der Waals surface area contributed by atoms with Crippen molar-refractivity contribution in [2.45, 2.75) is 20.3 Å². The number of aromatic nitrogens is 2. The highest BCUT2D eigenvalue weighted by Crippen LogP contribution is 2.30. The molecule has 27 heavy (non-hydrogen) atoms. The molecule has 0 spiro atoms. The number of halogens is 1. The van der Waals surface area contributed by atoms with Crippen LogP contribution in [-0.4, -0.2) is 22.4 Å². The molecule has 3 aromatic rings. The fourth-order valence-electron chi connectivity index (χ4n) is 3.39. The fourth-order valence-corrected chi connectivity index (χ4v) is 3.76. The van der Waals surface area contributed by atoms with Gasteiger partial charge in [0.2, 0.25) is 5.95 Å². The standard InChI is InChI=1S/C21H19ClN4O/c1-13-9-14(2)19(17(22)10-13)25-21-23-11-16(12-24-21)20(27)26-8-7-15-5-3-4-6-18(15)26/h3-6,9-12H,7-8H2,1-2H3,(H,23,24,25). The molecule has 0 saturated carbocycles. The molecule has 0 atom stereocenters. The first-order valence-corrected chi connectivity index (χ1v) is 9.16. The molecule has 1 aromatic heterocycles. The maximum absolute atomic E-state index is 12.8. The van der Waals surface area contributed by atoms with E-state index in [1.165, 1.54) is 5.56 Å². The van der Waals surface area contributed by atoms with E-state index in [0.29, 0.717) is 23.1 Å². The van der Waals surface area contributed by atoms with Crippen LogP contribution in [0.15, 0.2) is 48.8 Å². The predicted molar refractivity (Wildman–Crippen MR) is 108 cm³/mol. The van der Waals surface area contributed by atoms with Gasteiger partial charge >= 0.3 is 0 Å². The zero-order chi connectivity index (χ0) is 19.0. The van der Waals surface area contributed by atoms with Crippen LogP contribution >= 0.6 is 11.6 Å². The van der Waals surface area contributed by atoms with Crippen LogP contribution in [0.1, 0.15) is 27.0 Å². The Bertz CT molecular complexity index is 994. The van der Waals surface area contributed by atoms with Crippen molar-refractivity contribution < 1.29 is 4.79 Å². The normalized spacial score (nSPS) is 12.8. The number of carbonyl (C=O) groups excluding carboxylic acids is 1. The van der Waals surface area contributed by atoms with Crippen LogP contribution in [0, 0.1) is 13.8 Å². The highest BCUT2D eigenvalue weighted by atomic mass is 35.5. The Morgan fingerprint density at radius 3 is 2.63 bits per heavy atom. The van der Waals surface area contributed by atoms with Gasteiger partial charge in [-0.3, -0.25) is 4.79 Å². The van der Waals surface area contributed by atoms with Crippen molar-refractivity contribution in [2.24, 2.45) is 0 Å². The van der Waals surface area contributed by atoms with Crippen molar-refractivity contribution in [3.05, 3.63) is 76.1 Å². The number of para-hydroxylation sites is 1. The van der Waals surface area contributed by atoms with Crippen LogP contribution < -0.4 is 10.2 Å². The molecule has 0 saturated heterocycles. The van der Waals surface area contributed by atoms with E-state index >= 15 is 0 Å². The maximum atomic E-state index is 12.8. The van der Waals surface area contributed by atoms with Gasteiger partial charge in [-0.15, -0.1) is 0 Å². The number of hydrogen-bond donors (Lipinski definition) is 1. The molecular formula is C21H19ClN4O. The number of benzene rings is 2. The Morgan fingerprint density at radius 2 is 1.89 bits per heavy atom. The molecular weight excluding hydrogens is 360 g/mol. The number of nitrogens with one attached hydrogen (secondary N) is 1. The van der Waals surface area contributed by atoms with Crippen molar-refractivity contribution in [1.29, 1.82) is 0 Å². The minimum atomic E-state index is -0.0870. The Balaban J connectivity index is 1.54. The number of amides is 1. The molecule has 2 heterocycles. The van der Waals surface area contributed by atoms with Gasteiger partial charge in [0.05, 0.1) is 16.3 Å². The Kier molecular flexibility index (Phi) is 4.54. The summed E-state index contributed by atoms with van der Waals surface area (Å²) in [6.07, 6.45) is 3.97. The molecule has 2 aromatic carbocycles. The lowest BCUT2D eigenvalue weighted by Gasteiger charge is -2.17. The summed E-state index contributed by atoms with van der Waals surface area (Å²) in [6, 6.07) is 11.9. The highest BCUT2D eigenvalue weighted by molar-refractivity contribution is 6.33. The molecule has 4 rings (SSSR count). The molecule has 0 aliphatic carbocycles. The minimum Gasteiger partial charge on any atom is -0.323 e. The van der Waals surface area contributed by atoms with Crippen LogP contribution in [0.5, 0.6) is 0 Å². The van der Waals surface area contributed by atoms with Crippen molar-refractivity contribution in [1.82, 2.24) is 9.97 Å². The molecule has 1 amide bonds. The Morgan fingerprint density at radius 1 is 1.15 bits per heavy atom. The summed E-state index contributed by atoms with van der Waals surface area (Å²) in [7, 11) is 0. The second kappa shape index (κ2) is 7.00. The molecule has 6 heteroatoms. The second-order valence-corrected chi connectivity index (χ2v) is 7.10. The van der Waals surface area contributed by atoms with Crippen LogP contribution in [0.25, 0.3) is 0 Å². The van der Waals surface area contributed by atoms with Crippen molar-refractivity contribution in [3.8, 4) is 0 Å². The molecule has 1 aliphatic rings. The van der Waals surface area contributed by atoms with Gasteiger partial charge in [0.1, 0.15) is 0 Å². The van der Waals surface area contributed by atoms with E-state index in [2.05, 4.69) is 21.4 Å². The van der Waals surface area contributed by atoms with E-state index in [9.17, 15) is 4.79 Å². The van der Waals surface area contributed by atoms with Gasteiger partial charge in [-0.2, -0.15) is 0 Å². The Hall–Kier alpha value is -2.92. The summed E-state index contributed by atoms with van der Waals surface area (Å²) in [5, 5.41) is 3.76. The molecule has 0 bridgehead atoms. The van der Waals surface area contributed by atoms with E-state index in [1.54, 1.807) is 17.3 Å². The third-order valence-corrected chi connectivity index (χ3v) is 5.00. The maximum Gasteiger partial charge on any atom is 0.261 e. The number of fused-ring (bicyclic) bond motifs is 1. The van der Waals surface area contributed by atoms with Gasteiger partial charge < -0.3 is 10.2 Å². The molecule has 5 nitrogen and oxygen atoms in total. The summed E-state index contributed by atoms with van der Waals surface area (Å²) in [5.41, 5.74) is 5.49. The number of carbonyl (C=O) groups is 1. The monoisotopic (exact) mass is 378 g/mol. The first kappa shape index (κ1) is 17.5. The molecule has 0 unspecified atom stereocenters. The van der Waals surface area contributed by atoms with Gasteiger partial charge in [0, 0.05) is 24.6 Å². The third-order valence-electron chi connectivity index (χ3n) is 4.70. The zero-order valence-electron chi connectivity index (χ0n) is 15.2. The quantitative estimate of drug-likeness (QED) is 0.718. The van der Waals surface area contributed by atoms with E-state index in [1.807, 2.05) is 44.2 Å². The van der Waals surface area contributed by atoms with E-state index in [0.717, 1.165) is 28.9 Å². The molecule has 1 aliphatic heterocycles. The summed E-state index contributed by atoms with van der Waals surface area (Å²) in [5.74, 6) is 0.318. The number of rotatable bonds is 3. The first-order valence-electron chi connectivity index (χ1n) is 8.78. The lowest BCUT2D eigenvalue weighted by molar-refractivity contribution is 0.0988. The number of aryl methyl sites for hydroxylation is 2. The number of hydrogen-bond acceptors (Lipinski definition) is 4. The molecule has 136 valence electrons. The number of anilines is 3. The summed E-state index contributed by atoms with van der Waals surface area (Å²) in [6.45, 7) is 4.65. The summed E-state index contributed by atoms with van der Waals surface area (Å²) in [4.78, 5) is 23.2. The predicted octanol–water partition coefficient (Wildman–Crippen LogP) is 4.69. The average Bonchev–Trinajstić information content (AvgIpc) is 3.09. The fraction of sp³-hybridized carbons (Fsp3) is 0.190. The van der Waals surface area contributed by atoms with Gasteiger partial charge in [-0.1, -0.05) is 35.9 Å². The minimum absolute atomic E-state index is 0.0870. The van der Waals surface area contributed by atoms with Gasteiger partial charge in [-0.25, -0.2) is 9.97 Å². The smallest absolute Gasteiger partial charge is 0.261 e. The highest BCUT2D eigenvalue weighted by Gasteiger charge is 2.25. The SMILES string of the molecule is Cc1cc(C)c(Nc2ncc(C(=O)N3CCc4ccccc43)cn2)c(Cl)c1. The Labute approximate surface area is 163 Å². The molecule has 1 N–H and O–H groups in total. The lowest BCUT2D eigenvalue weighted by atomic mass is 10.1. The lowest BCUT2D eigenvalue weighted by Crippen LogP contribution is -2.29. The third kappa shape index (κ3) is 3.38. The topological polar surface area (TPSA) is 58.1 Å². The van der Waals surface area contributed by atoms with Gasteiger partial charge in [-0.05, 0) is 49.1 Å².